The van der Waals surface area contributed by atoms with Crippen LogP contribution in [0.5, 0.6) is 0 Å². The molecule has 1 heterocycles. The summed E-state index contributed by atoms with van der Waals surface area (Å²) in [6.07, 6.45) is 11.8. The third-order valence-corrected chi connectivity index (χ3v) is 2.17. The monoisotopic (exact) mass is 172 g/mol. The molecule has 0 spiro atoms. The Morgan fingerprint density at radius 2 is 1.77 bits per heavy atom. The van der Waals surface area contributed by atoms with Crippen LogP contribution in [0.3, 0.4) is 0 Å². The molecule has 0 saturated heterocycles. The van der Waals surface area contributed by atoms with Crippen molar-refractivity contribution < 1.29 is 0 Å². The number of allylic oxidation sites excluding steroid dienone is 4. The quantitative estimate of drug-likeness (QED) is 0.598. The van der Waals surface area contributed by atoms with Crippen molar-refractivity contribution in [3.8, 4) is 0 Å². The largest absolute Gasteiger partial charge is 0.257 e. The van der Waals surface area contributed by atoms with Gasteiger partial charge in [-0.3, -0.25) is 9.97 Å². The number of rotatable bonds is 0. The second kappa shape index (κ2) is 3.52. The van der Waals surface area contributed by atoms with Gasteiger partial charge in [-0.05, 0) is 6.92 Å². The molecule has 2 nitrogen and oxygen atoms in total. The van der Waals surface area contributed by atoms with Gasteiger partial charge in [0.05, 0.1) is 11.4 Å². The Labute approximate surface area is 78.0 Å². The number of fused-ring (bicyclic) bond motifs is 1. The fraction of sp³-hybridized carbons (Fsp3) is 0.273. The van der Waals surface area contributed by atoms with Gasteiger partial charge in [0.25, 0.3) is 0 Å². The average Bonchev–Trinajstić information content (AvgIpc) is 2.13. The summed E-state index contributed by atoms with van der Waals surface area (Å²) in [4.78, 5) is 8.62. The van der Waals surface area contributed by atoms with Gasteiger partial charge in [-0.25, -0.2) is 0 Å². The molecule has 0 aliphatic heterocycles. The van der Waals surface area contributed by atoms with E-state index in [0.717, 1.165) is 24.2 Å². The highest BCUT2D eigenvalue weighted by Gasteiger charge is 2.03. The molecule has 0 saturated carbocycles. The Kier molecular flexibility index (Phi) is 2.21. The predicted molar refractivity (Wildman–Crippen MR) is 52.3 cm³/mol. The molecule has 0 amide bonds. The van der Waals surface area contributed by atoms with Crippen molar-refractivity contribution >= 4 is 0 Å². The van der Waals surface area contributed by atoms with E-state index >= 15 is 0 Å². The number of hydrogen-bond donors (Lipinski definition) is 0. The third kappa shape index (κ3) is 1.83. The highest BCUT2D eigenvalue weighted by atomic mass is 14.8. The smallest absolute Gasteiger partial charge is 0.0659 e. The summed E-state index contributed by atoms with van der Waals surface area (Å²) in [6, 6.07) is 0. The molecule has 0 bridgehead atoms. The average molecular weight is 172 g/mol. The molecule has 0 atom stereocenters. The van der Waals surface area contributed by atoms with Crippen LogP contribution in [-0.4, -0.2) is 9.97 Å². The minimum absolute atomic E-state index is 0.897. The molecule has 1 aliphatic carbocycles. The van der Waals surface area contributed by atoms with E-state index in [4.69, 9.17) is 0 Å². The third-order valence-electron chi connectivity index (χ3n) is 2.17. The van der Waals surface area contributed by atoms with Gasteiger partial charge in [-0.15, -0.1) is 0 Å². The van der Waals surface area contributed by atoms with E-state index in [1.54, 1.807) is 12.4 Å². The Morgan fingerprint density at radius 3 is 2.54 bits per heavy atom. The molecule has 2 rings (SSSR count). The van der Waals surface area contributed by atoms with Crippen LogP contribution in [0.15, 0.2) is 36.2 Å². The van der Waals surface area contributed by atoms with Gasteiger partial charge in [-0.1, -0.05) is 23.8 Å². The number of nitrogens with zero attached hydrogens (tertiary/aromatic N) is 2. The fourth-order valence-electron chi connectivity index (χ4n) is 1.42. The molecule has 2 heteroatoms. The summed E-state index contributed by atoms with van der Waals surface area (Å²) in [5.41, 5.74) is 3.50. The summed E-state index contributed by atoms with van der Waals surface area (Å²) >= 11 is 0. The molecule has 0 N–H and O–H groups in total. The Morgan fingerprint density at radius 1 is 1.08 bits per heavy atom. The van der Waals surface area contributed by atoms with Gasteiger partial charge in [0.1, 0.15) is 0 Å². The summed E-state index contributed by atoms with van der Waals surface area (Å²) in [5, 5.41) is 0. The maximum absolute atomic E-state index is 4.31. The Balaban J connectivity index is 2.39. The lowest BCUT2D eigenvalue weighted by Crippen LogP contribution is -2.00. The molecule has 0 radical (unpaired) electrons. The zero-order chi connectivity index (χ0) is 9.10. The standard InChI is InChI=1S/C11H12N2/c1-9-3-2-4-10-11(6-5-9)13-8-7-12-10/h2-3,5,7-8H,4,6H2,1H3. The Bertz CT molecular complexity index is 364. The van der Waals surface area contributed by atoms with Gasteiger partial charge in [0.15, 0.2) is 0 Å². The summed E-state index contributed by atoms with van der Waals surface area (Å²) in [5.74, 6) is 0. The summed E-state index contributed by atoms with van der Waals surface area (Å²) in [7, 11) is 0. The molecular formula is C11H12N2. The minimum atomic E-state index is 0.897. The molecule has 13 heavy (non-hydrogen) atoms. The van der Waals surface area contributed by atoms with E-state index in [9.17, 15) is 0 Å². The van der Waals surface area contributed by atoms with Crippen LogP contribution in [0.2, 0.25) is 0 Å². The molecular weight excluding hydrogens is 160 g/mol. The van der Waals surface area contributed by atoms with Crippen molar-refractivity contribution in [2.75, 3.05) is 0 Å². The van der Waals surface area contributed by atoms with Gasteiger partial charge < -0.3 is 0 Å². The lowest BCUT2D eigenvalue weighted by Gasteiger charge is -2.05. The second-order valence-corrected chi connectivity index (χ2v) is 3.21. The summed E-state index contributed by atoms with van der Waals surface area (Å²) in [6.45, 7) is 2.11. The van der Waals surface area contributed by atoms with Gasteiger partial charge in [-0.2, -0.15) is 0 Å². The molecule has 1 aromatic heterocycles. The SMILES string of the molecule is CC1=CCc2nccnc2CC=C1. The second-order valence-electron chi connectivity index (χ2n) is 3.21. The highest BCUT2D eigenvalue weighted by Crippen LogP contribution is 2.10. The van der Waals surface area contributed by atoms with E-state index in [1.165, 1.54) is 5.57 Å². The molecule has 1 aliphatic rings. The lowest BCUT2D eigenvalue weighted by atomic mass is 10.1. The van der Waals surface area contributed by atoms with Crippen molar-refractivity contribution in [3.63, 3.8) is 0 Å². The predicted octanol–water partition coefficient (Wildman–Crippen LogP) is 2.08. The minimum Gasteiger partial charge on any atom is -0.257 e. The van der Waals surface area contributed by atoms with Crippen molar-refractivity contribution in [1.82, 2.24) is 9.97 Å². The van der Waals surface area contributed by atoms with E-state index < -0.39 is 0 Å². The lowest BCUT2D eigenvalue weighted by molar-refractivity contribution is 0.953. The summed E-state index contributed by atoms with van der Waals surface area (Å²) < 4.78 is 0. The van der Waals surface area contributed by atoms with Gasteiger partial charge >= 0.3 is 0 Å². The van der Waals surface area contributed by atoms with Gasteiger partial charge in [0, 0.05) is 25.2 Å². The first-order valence-electron chi connectivity index (χ1n) is 4.48. The van der Waals surface area contributed by atoms with Gasteiger partial charge in [0.2, 0.25) is 0 Å². The first-order chi connectivity index (χ1) is 6.36. The first-order valence-corrected chi connectivity index (χ1v) is 4.48. The molecule has 0 unspecified atom stereocenters. The normalized spacial score (nSPS) is 15.6. The molecule has 0 fully saturated rings. The topological polar surface area (TPSA) is 25.8 Å². The number of aromatic nitrogens is 2. The van der Waals surface area contributed by atoms with Crippen LogP contribution in [-0.2, 0) is 12.8 Å². The zero-order valence-electron chi connectivity index (χ0n) is 7.70. The number of hydrogen-bond acceptors (Lipinski definition) is 2. The highest BCUT2D eigenvalue weighted by molar-refractivity contribution is 5.26. The van der Waals surface area contributed by atoms with Crippen molar-refractivity contribution in [1.29, 1.82) is 0 Å². The van der Waals surface area contributed by atoms with Crippen LogP contribution >= 0.6 is 0 Å². The maximum atomic E-state index is 4.31. The van der Waals surface area contributed by atoms with Crippen molar-refractivity contribution in [2.45, 2.75) is 19.8 Å². The molecule has 0 aromatic carbocycles. The molecule has 1 aromatic rings. The van der Waals surface area contributed by atoms with E-state index in [0.29, 0.717) is 0 Å². The maximum Gasteiger partial charge on any atom is 0.0659 e. The van der Waals surface area contributed by atoms with Crippen molar-refractivity contribution in [3.05, 3.63) is 47.6 Å². The Hall–Kier alpha value is -1.44. The van der Waals surface area contributed by atoms with E-state index in [1.807, 2.05) is 0 Å². The first kappa shape index (κ1) is 8.17. The van der Waals surface area contributed by atoms with E-state index in [-0.39, 0.29) is 0 Å². The van der Waals surface area contributed by atoms with E-state index in [2.05, 4.69) is 35.1 Å². The van der Waals surface area contributed by atoms with Crippen LogP contribution < -0.4 is 0 Å². The van der Waals surface area contributed by atoms with Crippen molar-refractivity contribution in [2.24, 2.45) is 0 Å². The van der Waals surface area contributed by atoms with Crippen LogP contribution in [0, 0.1) is 0 Å². The van der Waals surface area contributed by atoms with Crippen LogP contribution in [0.4, 0.5) is 0 Å². The fourth-order valence-corrected chi connectivity index (χ4v) is 1.42. The van der Waals surface area contributed by atoms with Crippen LogP contribution in [0.1, 0.15) is 18.3 Å². The zero-order valence-corrected chi connectivity index (χ0v) is 7.70. The van der Waals surface area contributed by atoms with Crippen LogP contribution in [0.25, 0.3) is 0 Å². The molecule has 66 valence electrons.